The van der Waals surface area contributed by atoms with Crippen molar-refractivity contribution < 1.29 is 26.9 Å². The molecule has 2 rings (SSSR count). The zero-order valence-corrected chi connectivity index (χ0v) is 16.5. The lowest BCUT2D eigenvalue weighted by Crippen LogP contribution is -2.47. The van der Waals surface area contributed by atoms with Crippen molar-refractivity contribution in [1.29, 1.82) is 0 Å². The second kappa shape index (κ2) is 8.37. The Morgan fingerprint density at radius 3 is 2.54 bits per heavy atom. The van der Waals surface area contributed by atoms with Crippen molar-refractivity contribution in [1.82, 2.24) is 4.90 Å². The SMILES string of the molecule is Cc1ccc(S(=O)(=O)OCC[C@@H]2CN(C(=O)OC(C)(C)C)CCO2)cc1. The molecule has 26 heavy (non-hydrogen) atoms. The Hall–Kier alpha value is -1.64. The Balaban J connectivity index is 1.83. The van der Waals surface area contributed by atoms with Crippen LogP contribution in [0.25, 0.3) is 0 Å². The molecule has 1 fully saturated rings. The van der Waals surface area contributed by atoms with Crippen LogP contribution >= 0.6 is 0 Å². The third kappa shape index (κ3) is 6.26. The maximum absolute atomic E-state index is 12.2. The van der Waals surface area contributed by atoms with Crippen molar-refractivity contribution in [3.63, 3.8) is 0 Å². The minimum absolute atomic E-state index is 0.0109. The van der Waals surface area contributed by atoms with Gasteiger partial charge in [-0.2, -0.15) is 8.42 Å². The Kier molecular flexibility index (Phi) is 6.65. The average Bonchev–Trinajstić information content (AvgIpc) is 2.54. The highest BCUT2D eigenvalue weighted by Gasteiger charge is 2.28. The van der Waals surface area contributed by atoms with E-state index in [4.69, 9.17) is 13.7 Å². The first-order chi connectivity index (χ1) is 12.1. The molecule has 146 valence electrons. The largest absolute Gasteiger partial charge is 0.444 e. The van der Waals surface area contributed by atoms with E-state index in [1.54, 1.807) is 17.0 Å². The van der Waals surface area contributed by atoms with Gasteiger partial charge in [0.05, 0.1) is 30.8 Å². The monoisotopic (exact) mass is 385 g/mol. The molecule has 0 unspecified atom stereocenters. The lowest BCUT2D eigenvalue weighted by molar-refractivity contribution is -0.0475. The third-order valence-electron chi connectivity index (χ3n) is 3.78. The number of morpholine rings is 1. The minimum Gasteiger partial charge on any atom is -0.444 e. The van der Waals surface area contributed by atoms with Crippen LogP contribution < -0.4 is 0 Å². The second-order valence-corrected chi connectivity index (χ2v) is 8.91. The molecule has 1 amide bonds. The van der Waals surface area contributed by atoms with E-state index in [0.29, 0.717) is 26.1 Å². The van der Waals surface area contributed by atoms with Crippen LogP contribution in [0.4, 0.5) is 4.79 Å². The van der Waals surface area contributed by atoms with E-state index in [9.17, 15) is 13.2 Å². The van der Waals surface area contributed by atoms with Crippen molar-refractivity contribution in [2.45, 2.75) is 50.7 Å². The highest BCUT2D eigenvalue weighted by atomic mass is 32.2. The van der Waals surface area contributed by atoms with Crippen LogP contribution in [0.15, 0.2) is 29.2 Å². The molecule has 0 aliphatic carbocycles. The van der Waals surface area contributed by atoms with Crippen LogP contribution in [0.5, 0.6) is 0 Å². The maximum Gasteiger partial charge on any atom is 0.410 e. The highest BCUT2D eigenvalue weighted by Crippen LogP contribution is 2.17. The number of aryl methyl sites for hydroxylation is 1. The summed E-state index contributed by atoms with van der Waals surface area (Å²) in [6.07, 6.45) is -0.312. The number of nitrogens with zero attached hydrogens (tertiary/aromatic N) is 1. The van der Waals surface area contributed by atoms with E-state index in [1.165, 1.54) is 12.1 Å². The van der Waals surface area contributed by atoms with Gasteiger partial charge >= 0.3 is 6.09 Å². The Labute approximate surface area is 155 Å². The molecule has 1 atom stereocenters. The summed E-state index contributed by atoms with van der Waals surface area (Å²) in [5, 5.41) is 0. The van der Waals surface area contributed by atoms with Crippen LogP contribution in [0.1, 0.15) is 32.8 Å². The molecule has 1 aliphatic heterocycles. The molecule has 0 aromatic heterocycles. The van der Waals surface area contributed by atoms with Crippen molar-refractivity contribution in [2.75, 3.05) is 26.3 Å². The molecule has 1 aromatic carbocycles. The Bertz CT molecular complexity index is 708. The van der Waals surface area contributed by atoms with Gasteiger partial charge in [-0.25, -0.2) is 4.79 Å². The van der Waals surface area contributed by atoms with E-state index in [2.05, 4.69) is 0 Å². The molecule has 8 heteroatoms. The van der Waals surface area contributed by atoms with Crippen molar-refractivity contribution >= 4 is 16.2 Å². The second-order valence-electron chi connectivity index (χ2n) is 7.30. The summed E-state index contributed by atoms with van der Waals surface area (Å²) in [6, 6.07) is 6.48. The van der Waals surface area contributed by atoms with Crippen molar-refractivity contribution in [3.8, 4) is 0 Å². The summed E-state index contributed by atoms with van der Waals surface area (Å²) < 4.78 is 40.4. The van der Waals surface area contributed by atoms with E-state index < -0.39 is 15.7 Å². The number of carbonyl (C=O) groups is 1. The number of hydrogen-bond acceptors (Lipinski definition) is 6. The molecule has 0 N–H and O–H groups in total. The number of benzene rings is 1. The van der Waals surface area contributed by atoms with Gasteiger partial charge in [-0.1, -0.05) is 17.7 Å². The molecule has 1 aromatic rings. The van der Waals surface area contributed by atoms with Crippen LogP contribution in [0, 0.1) is 6.92 Å². The zero-order chi connectivity index (χ0) is 19.4. The molecule has 7 nitrogen and oxygen atoms in total. The van der Waals surface area contributed by atoms with Gasteiger partial charge in [0.25, 0.3) is 10.1 Å². The molecule has 0 saturated carbocycles. The lowest BCUT2D eigenvalue weighted by atomic mass is 10.2. The van der Waals surface area contributed by atoms with Crippen LogP contribution in [0.3, 0.4) is 0 Å². The molecule has 1 heterocycles. The maximum atomic E-state index is 12.2. The quantitative estimate of drug-likeness (QED) is 0.725. The van der Waals surface area contributed by atoms with Crippen LogP contribution in [0.2, 0.25) is 0 Å². The first-order valence-corrected chi connectivity index (χ1v) is 10.0. The number of hydrogen-bond donors (Lipinski definition) is 0. The summed E-state index contributed by atoms with van der Waals surface area (Å²) in [5.74, 6) is 0. The molecule has 1 aliphatic rings. The summed E-state index contributed by atoms with van der Waals surface area (Å²) in [7, 11) is -3.79. The van der Waals surface area contributed by atoms with E-state index in [-0.39, 0.29) is 23.7 Å². The van der Waals surface area contributed by atoms with Crippen molar-refractivity contribution in [2.24, 2.45) is 0 Å². The summed E-state index contributed by atoms with van der Waals surface area (Å²) in [6.45, 7) is 8.49. The van der Waals surface area contributed by atoms with Gasteiger partial charge in [-0.15, -0.1) is 0 Å². The van der Waals surface area contributed by atoms with Gasteiger partial charge in [0.2, 0.25) is 0 Å². The first kappa shape index (κ1) is 20.7. The number of ether oxygens (including phenoxy) is 2. The summed E-state index contributed by atoms with van der Waals surface area (Å²) >= 11 is 0. The van der Waals surface area contributed by atoms with Gasteiger partial charge < -0.3 is 14.4 Å². The average molecular weight is 385 g/mol. The van der Waals surface area contributed by atoms with Gasteiger partial charge in [0.1, 0.15) is 5.60 Å². The lowest BCUT2D eigenvalue weighted by Gasteiger charge is -2.34. The third-order valence-corrected chi connectivity index (χ3v) is 5.10. The zero-order valence-electron chi connectivity index (χ0n) is 15.7. The fourth-order valence-corrected chi connectivity index (χ4v) is 3.37. The smallest absolute Gasteiger partial charge is 0.410 e. The Morgan fingerprint density at radius 1 is 1.27 bits per heavy atom. The molecule has 0 radical (unpaired) electrons. The number of carbonyl (C=O) groups excluding carboxylic acids is 1. The fraction of sp³-hybridized carbons (Fsp3) is 0.611. The predicted molar refractivity (Wildman–Crippen MR) is 96.5 cm³/mol. The number of rotatable bonds is 5. The van der Waals surface area contributed by atoms with Gasteiger partial charge in [0, 0.05) is 13.0 Å². The highest BCUT2D eigenvalue weighted by molar-refractivity contribution is 7.86. The van der Waals surface area contributed by atoms with Gasteiger partial charge in [-0.05, 0) is 39.8 Å². The topological polar surface area (TPSA) is 82.1 Å². The summed E-state index contributed by atoms with van der Waals surface area (Å²) in [5.41, 5.74) is 0.414. The van der Waals surface area contributed by atoms with E-state index in [1.807, 2.05) is 27.7 Å². The molecular formula is C18H27NO6S. The van der Waals surface area contributed by atoms with Crippen molar-refractivity contribution in [3.05, 3.63) is 29.8 Å². The van der Waals surface area contributed by atoms with E-state index >= 15 is 0 Å². The molecule has 0 bridgehead atoms. The predicted octanol–water partition coefficient (Wildman–Crippen LogP) is 2.73. The molecule has 0 spiro atoms. The molecular weight excluding hydrogens is 358 g/mol. The normalized spacial score (nSPS) is 18.6. The minimum atomic E-state index is -3.79. The number of amides is 1. The van der Waals surface area contributed by atoms with Crippen LogP contribution in [-0.2, 0) is 23.8 Å². The van der Waals surface area contributed by atoms with E-state index in [0.717, 1.165) is 5.56 Å². The Morgan fingerprint density at radius 2 is 1.92 bits per heavy atom. The van der Waals surface area contributed by atoms with Gasteiger partial charge in [0.15, 0.2) is 0 Å². The first-order valence-electron chi connectivity index (χ1n) is 8.62. The fourth-order valence-electron chi connectivity index (χ4n) is 2.45. The van der Waals surface area contributed by atoms with Crippen LogP contribution in [-0.4, -0.2) is 57.4 Å². The molecule has 1 saturated heterocycles. The standard InChI is InChI=1S/C18H27NO6S/c1-14-5-7-16(8-6-14)26(21,22)24-11-9-15-13-19(10-12-23-15)17(20)25-18(2,3)4/h5-8,15H,9-13H2,1-4H3/t15-/m1/s1. The summed E-state index contributed by atoms with van der Waals surface area (Å²) in [4.78, 5) is 13.8. The van der Waals surface area contributed by atoms with Gasteiger partial charge in [-0.3, -0.25) is 4.18 Å².